The van der Waals surface area contributed by atoms with Gasteiger partial charge >= 0.3 is 0 Å². The Morgan fingerprint density at radius 3 is 3.00 bits per heavy atom. The number of likely N-dealkylation sites (tertiary alicyclic amines) is 1. The summed E-state index contributed by atoms with van der Waals surface area (Å²) in [5.41, 5.74) is 0. The molecule has 3 nitrogen and oxygen atoms in total. The molecule has 2 unspecified atom stereocenters. The van der Waals surface area contributed by atoms with Crippen molar-refractivity contribution in [3.63, 3.8) is 0 Å². The van der Waals surface area contributed by atoms with Crippen LogP contribution in [0.4, 0.5) is 0 Å². The number of guanidine groups is 1. The van der Waals surface area contributed by atoms with E-state index >= 15 is 0 Å². The number of thiophene rings is 1. The SMILES string of the molecule is CCNC(=NCC(C)c1cccs1)N1CCCC(C)C1.I. The molecule has 0 amide bonds. The highest BCUT2D eigenvalue weighted by molar-refractivity contribution is 14.0. The van der Waals surface area contributed by atoms with Gasteiger partial charge in [0.05, 0.1) is 6.54 Å². The van der Waals surface area contributed by atoms with E-state index in [9.17, 15) is 0 Å². The normalized spacial score (nSPS) is 20.8. The summed E-state index contributed by atoms with van der Waals surface area (Å²) in [6.45, 7) is 10.8. The zero-order valence-electron chi connectivity index (χ0n) is 13.3. The Kier molecular flexibility index (Phi) is 8.63. The molecule has 1 saturated heterocycles. The molecule has 0 saturated carbocycles. The maximum atomic E-state index is 4.87. The molecule has 5 heteroatoms. The van der Waals surface area contributed by atoms with Crippen molar-refractivity contribution in [3.05, 3.63) is 22.4 Å². The molecule has 1 aliphatic heterocycles. The molecule has 1 aromatic heterocycles. The second-order valence-electron chi connectivity index (χ2n) is 5.80. The minimum Gasteiger partial charge on any atom is -0.357 e. The fourth-order valence-corrected chi connectivity index (χ4v) is 3.47. The molecular weight excluding hydrogens is 393 g/mol. The van der Waals surface area contributed by atoms with E-state index < -0.39 is 0 Å². The third-order valence-corrected chi connectivity index (χ3v) is 4.94. The van der Waals surface area contributed by atoms with Crippen molar-refractivity contribution in [2.75, 3.05) is 26.2 Å². The minimum atomic E-state index is 0. The molecule has 2 rings (SSSR count). The second kappa shape index (κ2) is 9.66. The van der Waals surface area contributed by atoms with Crippen LogP contribution < -0.4 is 5.32 Å². The monoisotopic (exact) mass is 421 g/mol. The third-order valence-electron chi connectivity index (χ3n) is 3.84. The Hall–Kier alpha value is -0.300. The largest absolute Gasteiger partial charge is 0.357 e. The quantitative estimate of drug-likeness (QED) is 0.449. The van der Waals surface area contributed by atoms with E-state index in [0.29, 0.717) is 5.92 Å². The fourth-order valence-electron chi connectivity index (χ4n) is 2.69. The lowest BCUT2D eigenvalue weighted by atomic mass is 10.0. The number of aliphatic imine (C=N–C) groups is 1. The molecular formula is C16H28IN3S. The van der Waals surface area contributed by atoms with Gasteiger partial charge in [-0.1, -0.05) is 19.9 Å². The average molecular weight is 421 g/mol. The Morgan fingerprint density at radius 1 is 1.57 bits per heavy atom. The molecule has 0 aromatic carbocycles. The molecule has 0 radical (unpaired) electrons. The van der Waals surface area contributed by atoms with Crippen LogP contribution in [0.15, 0.2) is 22.5 Å². The van der Waals surface area contributed by atoms with Crippen LogP contribution in [0, 0.1) is 5.92 Å². The predicted molar refractivity (Wildman–Crippen MR) is 104 cm³/mol. The molecule has 0 bridgehead atoms. The molecule has 0 aliphatic carbocycles. The zero-order chi connectivity index (χ0) is 14.4. The average Bonchev–Trinajstić information content (AvgIpc) is 2.97. The van der Waals surface area contributed by atoms with E-state index in [-0.39, 0.29) is 24.0 Å². The van der Waals surface area contributed by atoms with Gasteiger partial charge in [0.15, 0.2) is 5.96 Å². The Bertz CT molecular complexity index is 419. The number of halogens is 1. The van der Waals surface area contributed by atoms with Gasteiger partial charge in [-0.15, -0.1) is 35.3 Å². The van der Waals surface area contributed by atoms with Crippen LogP contribution in [0.3, 0.4) is 0 Å². The van der Waals surface area contributed by atoms with Gasteiger partial charge in [0.25, 0.3) is 0 Å². The first-order chi connectivity index (χ1) is 9.70. The Balaban J connectivity index is 0.00000220. The second-order valence-corrected chi connectivity index (χ2v) is 6.78. The summed E-state index contributed by atoms with van der Waals surface area (Å²) in [5, 5.41) is 5.60. The third kappa shape index (κ3) is 5.77. The summed E-state index contributed by atoms with van der Waals surface area (Å²) >= 11 is 1.83. The molecule has 1 N–H and O–H groups in total. The number of nitrogens with zero attached hydrogens (tertiary/aromatic N) is 2. The first kappa shape index (κ1) is 18.7. The highest BCUT2D eigenvalue weighted by Gasteiger charge is 2.19. The Morgan fingerprint density at radius 2 is 2.38 bits per heavy atom. The topological polar surface area (TPSA) is 27.6 Å². The van der Waals surface area contributed by atoms with E-state index in [1.165, 1.54) is 17.7 Å². The smallest absolute Gasteiger partial charge is 0.193 e. The molecule has 1 aromatic rings. The predicted octanol–water partition coefficient (Wildman–Crippen LogP) is 4.17. The number of rotatable bonds is 4. The van der Waals surface area contributed by atoms with Crippen LogP contribution in [0.2, 0.25) is 0 Å². The summed E-state index contributed by atoms with van der Waals surface area (Å²) < 4.78 is 0. The van der Waals surface area contributed by atoms with E-state index in [1.54, 1.807) is 0 Å². The standard InChI is InChI=1S/C16H27N3S.HI/c1-4-17-16(19-9-5-7-13(2)12-19)18-11-14(3)15-8-6-10-20-15;/h6,8,10,13-14H,4-5,7,9,11-12H2,1-3H3,(H,17,18);1H. The van der Waals surface area contributed by atoms with Gasteiger partial charge in [-0.25, -0.2) is 0 Å². The van der Waals surface area contributed by atoms with E-state index in [0.717, 1.165) is 38.1 Å². The van der Waals surface area contributed by atoms with E-state index in [2.05, 4.69) is 48.5 Å². The first-order valence-electron chi connectivity index (χ1n) is 7.77. The summed E-state index contributed by atoms with van der Waals surface area (Å²) in [6, 6.07) is 4.33. The highest BCUT2D eigenvalue weighted by atomic mass is 127. The van der Waals surface area contributed by atoms with Crippen molar-refractivity contribution in [3.8, 4) is 0 Å². The minimum absolute atomic E-state index is 0. The molecule has 120 valence electrons. The summed E-state index contributed by atoms with van der Waals surface area (Å²) in [6.07, 6.45) is 2.63. The van der Waals surface area contributed by atoms with Gasteiger partial charge in [0.2, 0.25) is 0 Å². The number of nitrogens with one attached hydrogen (secondary N) is 1. The summed E-state index contributed by atoms with van der Waals surface area (Å²) in [7, 11) is 0. The van der Waals surface area contributed by atoms with Gasteiger partial charge in [-0.05, 0) is 37.1 Å². The van der Waals surface area contributed by atoms with Crippen LogP contribution in [0.1, 0.15) is 44.4 Å². The lowest BCUT2D eigenvalue weighted by Gasteiger charge is -2.33. The van der Waals surface area contributed by atoms with Crippen LogP contribution in [-0.4, -0.2) is 37.0 Å². The van der Waals surface area contributed by atoms with Gasteiger partial charge in [-0.2, -0.15) is 0 Å². The summed E-state index contributed by atoms with van der Waals surface area (Å²) in [4.78, 5) is 8.72. The zero-order valence-corrected chi connectivity index (χ0v) is 16.5. The molecule has 21 heavy (non-hydrogen) atoms. The molecule has 1 fully saturated rings. The van der Waals surface area contributed by atoms with Crippen molar-refractivity contribution in [1.82, 2.24) is 10.2 Å². The lowest BCUT2D eigenvalue weighted by Crippen LogP contribution is -2.46. The highest BCUT2D eigenvalue weighted by Crippen LogP contribution is 2.21. The fraction of sp³-hybridized carbons (Fsp3) is 0.688. The molecule has 1 aliphatic rings. The van der Waals surface area contributed by atoms with Crippen molar-refractivity contribution in [2.24, 2.45) is 10.9 Å². The van der Waals surface area contributed by atoms with E-state index in [4.69, 9.17) is 4.99 Å². The number of piperidine rings is 1. The lowest BCUT2D eigenvalue weighted by molar-refractivity contribution is 0.266. The number of hydrogen-bond donors (Lipinski definition) is 1. The van der Waals surface area contributed by atoms with Crippen molar-refractivity contribution < 1.29 is 0 Å². The van der Waals surface area contributed by atoms with Crippen molar-refractivity contribution in [2.45, 2.75) is 39.5 Å². The van der Waals surface area contributed by atoms with Gasteiger partial charge in [-0.3, -0.25) is 4.99 Å². The van der Waals surface area contributed by atoms with E-state index in [1.807, 2.05) is 11.3 Å². The van der Waals surface area contributed by atoms with Gasteiger partial charge in [0, 0.05) is 30.4 Å². The van der Waals surface area contributed by atoms with Crippen LogP contribution in [-0.2, 0) is 0 Å². The van der Waals surface area contributed by atoms with Gasteiger partial charge < -0.3 is 10.2 Å². The maximum Gasteiger partial charge on any atom is 0.193 e. The molecule has 2 heterocycles. The maximum absolute atomic E-state index is 4.87. The number of hydrogen-bond acceptors (Lipinski definition) is 2. The van der Waals surface area contributed by atoms with Crippen LogP contribution in [0.5, 0.6) is 0 Å². The van der Waals surface area contributed by atoms with Crippen molar-refractivity contribution in [1.29, 1.82) is 0 Å². The van der Waals surface area contributed by atoms with Crippen LogP contribution in [0.25, 0.3) is 0 Å². The summed E-state index contributed by atoms with van der Waals surface area (Å²) in [5.74, 6) is 2.38. The Labute approximate surface area is 150 Å². The molecule has 2 atom stereocenters. The molecule has 0 spiro atoms. The van der Waals surface area contributed by atoms with Crippen molar-refractivity contribution >= 4 is 41.3 Å². The first-order valence-corrected chi connectivity index (χ1v) is 8.65. The van der Waals surface area contributed by atoms with Gasteiger partial charge in [0.1, 0.15) is 0 Å². The van der Waals surface area contributed by atoms with Crippen LogP contribution >= 0.6 is 35.3 Å².